The van der Waals surface area contributed by atoms with E-state index >= 15 is 0 Å². The van der Waals surface area contributed by atoms with Crippen LogP contribution in [0.5, 0.6) is 0 Å². The molecule has 0 fully saturated rings. The lowest BCUT2D eigenvalue weighted by Crippen LogP contribution is -2.08. The zero-order chi connectivity index (χ0) is 14.2. The van der Waals surface area contributed by atoms with Crippen LogP contribution < -0.4 is 5.43 Å². The summed E-state index contributed by atoms with van der Waals surface area (Å²) < 4.78 is 2.80. The zero-order valence-electron chi connectivity index (χ0n) is 10.6. The van der Waals surface area contributed by atoms with Crippen molar-refractivity contribution in [1.82, 2.24) is 24.8 Å². The van der Waals surface area contributed by atoms with Gasteiger partial charge in [0.15, 0.2) is 5.65 Å². The Morgan fingerprint density at radius 3 is 3.00 bits per heavy atom. The Hall–Kier alpha value is -2.38. The highest BCUT2D eigenvalue weighted by Gasteiger charge is 2.11. The van der Waals surface area contributed by atoms with Crippen LogP contribution in [0.4, 0.5) is 5.13 Å². The van der Waals surface area contributed by atoms with Crippen molar-refractivity contribution in [3.63, 3.8) is 0 Å². The Bertz CT molecular complexity index is 880. The molecular weight excluding hydrogens is 308 g/mol. The first-order valence-electron chi connectivity index (χ1n) is 6.15. The topological polar surface area (TPSA) is 71.4 Å². The van der Waals surface area contributed by atoms with E-state index in [0.29, 0.717) is 5.02 Å². The van der Waals surface area contributed by atoms with E-state index in [9.17, 15) is 0 Å². The smallest absolute Gasteiger partial charge is 0.204 e. The molecule has 0 aliphatic rings. The number of rotatable bonds is 3. The number of halogens is 1. The maximum atomic E-state index is 6.24. The number of nitrogens with zero attached hydrogens (tertiary/aromatic N) is 4. The number of fused-ring (bicyclic) bond motifs is 1. The summed E-state index contributed by atoms with van der Waals surface area (Å²) in [6, 6.07) is 7.65. The van der Waals surface area contributed by atoms with Gasteiger partial charge in [-0.05, 0) is 6.07 Å². The molecule has 6 nitrogen and oxygen atoms in total. The second kappa shape index (κ2) is 4.87. The average molecular weight is 317 g/mol. The fourth-order valence-electron chi connectivity index (χ4n) is 2.05. The molecule has 0 atom stereocenters. The molecule has 8 heteroatoms. The third kappa shape index (κ3) is 2.16. The lowest BCUT2D eigenvalue weighted by Gasteiger charge is -2.09. The molecule has 0 saturated heterocycles. The van der Waals surface area contributed by atoms with Gasteiger partial charge in [0.05, 0.1) is 27.8 Å². The molecule has 0 bridgehead atoms. The number of H-pyrrole nitrogens is 1. The molecule has 0 radical (unpaired) electrons. The maximum Gasteiger partial charge on any atom is 0.204 e. The van der Waals surface area contributed by atoms with E-state index in [-0.39, 0.29) is 0 Å². The Kier molecular flexibility index (Phi) is 2.87. The van der Waals surface area contributed by atoms with Crippen LogP contribution in [0.15, 0.2) is 43.0 Å². The van der Waals surface area contributed by atoms with Crippen molar-refractivity contribution in [1.29, 1.82) is 0 Å². The molecular formula is C13H9ClN6S. The molecule has 21 heavy (non-hydrogen) atoms. The van der Waals surface area contributed by atoms with Gasteiger partial charge in [0.1, 0.15) is 6.33 Å². The molecule has 3 heterocycles. The Morgan fingerprint density at radius 2 is 2.14 bits per heavy atom. The first-order valence-corrected chi connectivity index (χ1v) is 7.35. The van der Waals surface area contributed by atoms with Gasteiger partial charge in [-0.2, -0.15) is 10.1 Å². The van der Waals surface area contributed by atoms with Crippen LogP contribution in [0.3, 0.4) is 0 Å². The Morgan fingerprint density at radius 1 is 1.24 bits per heavy atom. The van der Waals surface area contributed by atoms with Gasteiger partial charge >= 0.3 is 0 Å². The first kappa shape index (κ1) is 12.4. The minimum Gasteiger partial charge on any atom is -0.267 e. The second-order valence-electron chi connectivity index (χ2n) is 4.34. The number of thiazole rings is 1. The fraction of sp³-hybridized carbons (Fsp3) is 0. The van der Waals surface area contributed by atoms with Crippen LogP contribution in [0.1, 0.15) is 0 Å². The zero-order valence-corrected chi connectivity index (χ0v) is 12.2. The quantitative estimate of drug-likeness (QED) is 0.607. The minimum absolute atomic E-state index is 0.677. The molecule has 104 valence electrons. The molecule has 4 aromatic rings. The third-order valence-electron chi connectivity index (χ3n) is 3.01. The monoisotopic (exact) mass is 316 g/mol. The molecule has 0 aliphatic heterocycles. The number of aromatic amines is 1. The number of benzene rings is 1. The number of hydrogen-bond acceptors (Lipinski definition) is 5. The molecule has 0 saturated carbocycles. The van der Waals surface area contributed by atoms with Crippen molar-refractivity contribution in [3.05, 3.63) is 48.0 Å². The summed E-state index contributed by atoms with van der Waals surface area (Å²) in [5.41, 5.74) is 5.76. The summed E-state index contributed by atoms with van der Waals surface area (Å²) in [5.74, 6) is 0. The van der Waals surface area contributed by atoms with Crippen LogP contribution in [-0.2, 0) is 0 Å². The Balaban J connectivity index is 1.72. The molecule has 0 amide bonds. The third-order valence-corrected chi connectivity index (χ3v) is 4.23. The summed E-state index contributed by atoms with van der Waals surface area (Å²) in [6.45, 7) is 0. The van der Waals surface area contributed by atoms with Gasteiger partial charge in [-0.25, -0.2) is 9.66 Å². The normalized spacial score (nSPS) is 11.1. The number of anilines is 1. The summed E-state index contributed by atoms with van der Waals surface area (Å²) in [7, 11) is 0. The van der Waals surface area contributed by atoms with Crippen molar-refractivity contribution < 1.29 is 0 Å². The first-order chi connectivity index (χ1) is 10.3. The van der Waals surface area contributed by atoms with Crippen molar-refractivity contribution in [3.8, 4) is 11.3 Å². The summed E-state index contributed by atoms with van der Waals surface area (Å²) in [5, 5.41) is 8.20. The van der Waals surface area contributed by atoms with Gasteiger partial charge in [0.25, 0.3) is 0 Å². The molecule has 0 unspecified atom stereocenters. The van der Waals surface area contributed by atoms with E-state index in [1.54, 1.807) is 23.4 Å². The highest BCUT2D eigenvalue weighted by molar-refractivity contribution is 7.22. The van der Waals surface area contributed by atoms with E-state index in [1.807, 2.05) is 24.3 Å². The van der Waals surface area contributed by atoms with Gasteiger partial charge in [-0.15, -0.1) is 0 Å². The minimum atomic E-state index is 0.677. The van der Waals surface area contributed by atoms with Crippen LogP contribution >= 0.6 is 22.9 Å². The molecule has 1 aromatic carbocycles. The van der Waals surface area contributed by atoms with Crippen molar-refractivity contribution in [2.24, 2.45) is 0 Å². The lowest BCUT2D eigenvalue weighted by atomic mass is 10.2. The van der Waals surface area contributed by atoms with E-state index in [4.69, 9.17) is 11.6 Å². The number of imidazole rings is 1. The fourth-order valence-corrected chi connectivity index (χ4v) is 3.07. The van der Waals surface area contributed by atoms with E-state index < -0.39 is 0 Å². The predicted molar refractivity (Wildman–Crippen MR) is 83.5 cm³/mol. The van der Waals surface area contributed by atoms with Crippen LogP contribution in [0.2, 0.25) is 5.02 Å². The number of hydrogen-bond donors (Lipinski definition) is 2. The molecule has 2 N–H and O–H groups in total. The molecule has 0 spiro atoms. The maximum absolute atomic E-state index is 6.24. The van der Waals surface area contributed by atoms with Gasteiger partial charge in [-0.1, -0.05) is 41.1 Å². The molecule has 3 aromatic heterocycles. The number of nitrogens with one attached hydrogen (secondary N) is 2. The van der Waals surface area contributed by atoms with E-state index in [0.717, 1.165) is 26.7 Å². The highest BCUT2D eigenvalue weighted by Crippen LogP contribution is 2.29. The summed E-state index contributed by atoms with van der Waals surface area (Å²) in [6.07, 6.45) is 5.20. The highest BCUT2D eigenvalue weighted by atomic mass is 35.5. The van der Waals surface area contributed by atoms with Gasteiger partial charge in [0, 0.05) is 5.56 Å². The predicted octanol–water partition coefficient (Wildman–Crippen LogP) is 3.41. The van der Waals surface area contributed by atoms with Crippen LogP contribution in [0, 0.1) is 0 Å². The van der Waals surface area contributed by atoms with Crippen LogP contribution in [-0.4, -0.2) is 24.8 Å². The van der Waals surface area contributed by atoms with Crippen molar-refractivity contribution in [2.75, 3.05) is 5.43 Å². The van der Waals surface area contributed by atoms with Crippen molar-refractivity contribution in [2.45, 2.75) is 0 Å². The average Bonchev–Trinajstić information content (AvgIpc) is 3.15. The summed E-state index contributed by atoms with van der Waals surface area (Å²) >= 11 is 7.75. The molecule has 0 aliphatic carbocycles. The second-order valence-corrected chi connectivity index (χ2v) is 5.78. The van der Waals surface area contributed by atoms with E-state index in [1.165, 1.54) is 11.3 Å². The largest absolute Gasteiger partial charge is 0.267 e. The van der Waals surface area contributed by atoms with Gasteiger partial charge in [-0.3, -0.25) is 10.5 Å². The van der Waals surface area contributed by atoms with Gasteiger partial charge < -0.3 is 0 Å². The van der Waals surface area contributed by atoms with Crippen molar-refractivity contribution >= 4 is 38.4 Å². The van der Waals surface area contributed by atoms with E-state index in [2.05, 4.69) is 25.6 Å². The SMILES string of the molecule is Clc1ccccc1-c1cncn1Nc1nc2[nH]ncc2s1. The number of aromatic nitrogens is 5. The summed E-state index contributed by atoms with van der Waals surface area (Å²) in [4.78, 5) is 8.59. The standard InChI is InChI=1S/C13H9ClN6S/c14-9-4-2-1-3-8(9)10-5-15-7-20(10)19-13-17-12-11(21-13)6-16-18-12/h1-7H,(H2,16,17,18,19). The van der Waals surface area contributed by atoms with Gasteiger partial charge in [0.2, 0.25) is 5.13 Å². The Labute approximate surface area is 128 Å². The van der Waals surface area contributed by atoms with Crippen LogP contribution in [0.25, 0.3) is 21.6 Å². The lowest BCUT2D eigenvalue weighted by molar-refractivity contribution is 0.956. The molecule has 4 rings (SSSR count).